The number of hydrogen-bond acceptors (Lipinski definition) is 7. The van der Waals surface area contributed by atoms with Gasteiger partial charge in [0.2, 0.25) is 5.91 Å². The van der Waals surface area contributed by atoms with Crippen LogP contribution < -0.4 is 16.3 Å². The van der Waals surface area contributed by atoms with Crippen LogP contribution >= 0.6 is 0 Å². The highest BCUT2D eigenvalue weighted by atomic mass is 16.5. The van der Waals surface area contributed by atoms with Gasteiger partial charge in [-0.05, 0) is 42.7 Å². The fourth-order valence-corrected chi connectivity index (χ4v) is 5.27. The molecule has 2 atom stereocenters. The van der Waals surface area contributed by atoms with Crippen molar-refractivity contribution in [3.05, 3.63) is 52.1 Å². The Morgan fingerprint density at radius 1 is 1.05 bits per heavy atom. The van der Waals surface area contributed by atoms with E-state index >= 15 is 0 Å². The summed E-state index contributed by atoms with van der Waals surface area (Å²) in [5, 5.41) is 6.05. The predicted molar refractivity (Wildman–Crippen MR) is 145 cm³/mol. The van der Waals surface area contributed by atoms with Gasteiger partial charge in [-0.3, -0.25) is 24.8 Å². The third-order valence-corrected chi connectivity index (χ3v) is 7.67. The third-order valence-electron chi connectivity index (χ3n) is 7.67. The average molecular weight is 537 g/mol. The lowest BCUT2D eigenvalue weighted by Gasteiger charge is -2.38. The number of urea groups is 1. The number of hydrogen-bond donors (Lipinski definition) is 2. The number of ketones is 1. The molecule has 3 amide bonds. The Bertz CT molecular complexity index is 1360. The Morgan fingerprint density at radius 2 is 1.77 bits per heavy atom. The summed E-state index contributed by atoms with van der Waals surface area (Å²) in [4.78, 5) is 58.0. The van der Waals surface area contributed by atoms with E-state index in [4.69, 9.17) is 4.74 Å². The van der Waals surface area contributed by atoms with Crippen molar-refractivity contribution in [3.63, 3.8) is 0 Å². The summed E-state index contributed by atoms with van der Waals surface area (Å²) in [5.74, 6) is 0.357. The number of Topliss-reactive ketones (excluding diaryl/α,β-unsaturated/α-hetero) is 1. The molecule has 0 bridgehead atoms. The minimum Gasteiger partial charge on any atom is -0.360 e. The first-order valence-corrected chi connectivity index (χ1v) is 13.4. The minimum atomic E-state index is -0.800. The number of fused-ring (bicyclic) bond motifs is 1. The smallest absolute Gasteiger partial charge is 0.354 e. The number of aryl methyl sites for hydroxylation is 1. The maximum absolute atomic E-state index is 13.2. The summed E-state index contributed by atoms with van der Waals surface area (Å²) in [6.45, 7) is 9.90. The van der Waals surface area contributed by atoms with Crippen LogP contribution in [-0.2, 0) is 27.2 Å². The van der Waals surface area contributed by atoms with Crippen LogP contribution in [0.15, 0.2) is 35.3 Å². The Hall–Kier alpha value is -3.57. The molecule has 2 aliphatic heterocycles. The van der Waals surface area contributed by atoms with Gasteiger partial charge in [-0.2, -0.15) is 4.98 Å². The van der Waals surface area contributed by atoms with Gasteiger partial charge in [-0.25, -0.2) is 9.59 Å². The van der Waals surface area contributed by atoms with Crippen molar-refractivity contribution in [3.8, 4) is 5.69 Å². The Balaban J connectivity index is 1.17. The Kier molecular flexibility index (Phi) is 7.06. The number of rotatable bonds is 3. The van der Waals surface area contributed by atoms with Crippen LogP contribution in [0.2, 0.25) is 0 Å². The molecule has 3 heterocycles. The first-order valence-electron chi connectivity index (χ1n) is 13.4. The maximum Gasteiger partial charge on any atom is 0.354 e. The van der Waals surface area contributed by atoms with E-state index in [1.807, 2.05) is 19.1 Å². The molecule has 5 rings (SSSR count). The molecule has 0 saturated carbocycles. The van der Waals surface area contributed by atoms with E-state index in [2.05, 4.69) is 36.4 Å². The number of carbonyl (C=O) groups is 3. The minimum absolute atomic E-state index is 0.0339. The second-order valence-electron chi connectivity index (χ2n) is 11.9. The standard InChI is InChI=1S/C28H36N6O5/c1-27(2,3)23-31-28(4,17-39-23)24(36)32-11-13-33(14-12-32)25(37)29-22-9-10-34(26(38)30-22)20-7-5-19-16-21(35)8-6-18(19)15-20/h5,7,9-10,15,23,31H,6,8,11-14,16-17H2,1-4H3,(H,29,30,37,38)/t23-,28+/m1/s1. The number of ether oxygens (including phenoxy) is 1. The molecular weight excluding hydrogens is 500 g/mol. The Morgan fingerprint density at radius 3 is 2.44 bits per heavy atom. The largest absolute Gasteiger partial charge is 0.360 e. The fraction of sp³-hybridized carbons (Fsp3) is 0.536. The summed E-state index contributed by atoms with van der Waals surface area (Å²) in [6, 6.07) is 6.82. The molecule has 2 fully saturated rings. The highest BCUT2D eigenvalue weighted by molar-refractivity contribution is 5.89. The SMILES string of the molecule is CC(C)(C)[C@@H]1N[C@](C)(C(=O)N2CCN(C(=O)Nc3ccn(-c4ccc5c(c4)CCC(=O)C5)c(=O)n3)CC2)CO1. The van der Waals surface area contributed by atoms with E-state index in [-0.39, 0.29) is 35.2 Å². The number of aromatic nitrogens is 2. The summed E-state index contributed by atoms with van der Waals surface area (Å²) in [6.07, 6.45) is 2.98. The quantitative estimate of drug-likeness (QED) is 0.612. The number of benzene rings is 1. The van der Waals surface area contributed by atoms with Crippen LogP contribution in [0.4, 0.5) is 10.6 Å². The van der Waals surface area contributed by atoms with Crippen LogP contribution in [0.25, 0.3) is 5.69 Å². The number of piperazine rings is 1. The average Bonchev–Trinajstić information content (AvgIpc) is 3.32. The molecular formula is C28H36N6O5. The van der Waals surface area contributed by atoms with Crippen molar-refractivity contribution in [1.29, 1.82) is 0 Å². The molecule has 208 valence electrons. The number of anilines is 1. The maximum atomic E-state index is 13.2. The van der Waals surface area contributed by atoms with E-state index in [1.54, 1.807) is 28.1 Å². The second-order valence-corrected chi connectivity index (χ2v) is 11.9. The van der Waals surface area contributed by atoms with E-state index < -0.39 is 11.2 Å². The van der Waals surface area contributed by atoms with Gasteiger partial charge in [0.25, 0.3) is 0 Å². The van der Waals surface area contributed by atoms with Gasteiger partial charge in [0.05, 0.1) is 12.3 Å². The van der Waals surface area contributed by atoms with Crippen LogP contribution in [0.1, 0.15) is 45.2 Å². The molecule has 1 aromatic carbocycles. The third kappa shape index (κ3) is 5.60. The lowest BCUT2D eigenvalue weighted by Crippen LogP contribution is -2.61. The molecule has 2 saturated heterocycles. The lowest BCUT2D eigenvalue weighted by molar-refractivity contribution is -0.138. The highest BCUT2D eigenvalue weighted by Crippen LogP contribution is 2.29. The number of carbonyl (C=O) groups excluding carboxylic acids is 3. The second kappa shape index (κ2) is 10.2. The van der Waals surface area contributed by atoms with Crippen molar-refractivity contribution < 1.29 is 19.1 Å². The first kappa shape index (κ1) is 27.0. The van der Waals surface area contributed by atoms with Gasteiger partial charge < -0.3 is 14.5 Å². The summed E-state index contributed by atoms with van der Waals surface area (Å²) >= 11 is 0. The number of nitrogens with zero attached hydrogens (tertiary/aromatic N) is 4. The van der Waals surface area contributed by atoms with Gasteiger partial charge in [-0.1, -0.05) is 26.8 Å². The molecule has 2 N–H and O–H groups in total. The first-order chi connectivity index (χ1) is 18.4. The van der Waals surface area contributed by atoms with Gasteiger partial charge in [0, 0.05) is 50.6 Å². The zero-order valence-electron chi connectivity index (χ0n) is 23.0. The highest BCUT2D eigenvalue weighted by Gasteiger charge is 2.47. The molecule has 11 heteroatoms. The van der Waals surface area contributed by atoms with Crippen molar-refractivity contribution in [1.82, 2.24) is 24.7 Å². The normalized spacial score (nSPS) is 23.5. The zero-order valence-corrected chi connectivity index (χ0v) is 23.0. The van der Waals surface area contributed by atoms with Crippen molar-refractivity contribution in [2.45, 2.75) is 58.7 Å². The lowest BCUT2D eigenvalue weighted by atomic mass is 9.90. The molecule has 39 heavy (non-hydrogen) atoms. The molecule has 0 unspecified atom stereocenters. The topological polar surface area (TPSA) is 126 Å². The van der Waals surface area contributed by atoms with Crippen LogP contribution in [0, 0.1) is 5.41 Å². The van der Waals surface area contributed by atoms with Gasteiger partial charge in [0.15, 0.2) is 0 Å². The zero-order chi connectivity index (χ0) is 27.9. The van der Waals surface area contributed by atoms with Crippen LogP contribution in [0.5, 0.6) is 0 Å². The van der Waals surface area contributed by atoms with Crippen molar-refractivity contribution in [2.24, 2.45) is 5.41 Å². The van der Waals surface area contributed by atoms with Crippen LogP contribution in [0.3, 0.4) is 0 Å². The predicted octanol–water partition coefficient (Wildman–Crippen LogP) is 1.72. The monoisotopic (exact) mass is 536 g/mol. The van der Waals surface area contributed by atoms with Gasteiger partial charge in [0.1, 0.15) is 23.4 Å². The molecule has 3 aliphatic rings. The Labute approximate surface area is 227 Å². The van der Waals surface area contributed by atoms with E-state index in [9.17, 15) is 19.2 Å². The van der Waals surface area contributed by atoms with Crippen LogP contribution in [-0.4, -0.2) is 81.6 Å². The molecule has 11 nitrogen and oxygen atoms in total. The number of amides is 3. The summed E-state index contributed by atoms with van der Waals surface area (Å²) in [7, 11) is 0. The van der Waals surface area contributed by atoms with Crippen molar-refractivity contribution in [2.75, 3.05) is 38.1 Å². The van der Waals surface area contributed by atoms with E-state index in [0.717, 1.165) is 11.1 Å². The van der Waals surface area contributed by atoms with E-state index in [1.165, 1.54) is 4.57 Å². The molecule has 1 aromatic heterocycles. The van der Waals surface area contributed by atoms with E-state index in [0.29, 0.717) is 57.7 Å². The molecule has 0 radical (unpaired) electrons. The van der Waals surface area contributed by atoms with Gasteiger partial charge >= 0.3 is 11.7 Å². The fourth-order valence-electron chi connectivity index (χ4n) is 5.27. The van der Waals surface area contributed by atoms with Gasteiger partial charge in [-0.15, -0.1) is 0 Å². The van der Waals surface area contributed by atoms with Crippen molar-refractivity contribution >= 4 is 23.5 Å². The molecule has 0 spiro atoms. The summed E-state index contributed by atoms with van der Waals surface area (Å²) in [5.41, 5.74) is 1.29. The summed E-state index contributed by atoms with van der Waals surface area (Å²) < 4.78 is 7.28. The molecule has 2 aromatic rings. The number of nitrogens with one attached hydrogen (secondary N) is 2. The molecule has 1 aliphatic carbocycles.